The Hall–Kier alpha value is -1.21. The van der Waals surface area contributed by atoms with Crippen LogP contribution >= 0.6 is 0 Å². The van der Waals surface area contributed by atoms with Gasteiger partial charge in [-0.25, -0.2) is 0 Å². The third-order valence-electron chi connectivity index (χ3n) is 16.4. The molecule has 5 N–H and O–H groups in total. The average molecular weight is 1060 g/mol. The zero-order valence-corrected chi connectivity index (χ0v) is 50.8. The SMILES string of the molecule is CCCCCCCCCCCCCC/C=C\CCCCCCCCCCCCCCCCCC(O)C(=O)NC(CO)C(O)C(O)CCC/C=C/CCCCCCCCCCCCCCCCCCCCCCCCC. The van der Waals surface area contributed by atoms with Gasteiger partial charge in [-0.2, -0.15) is 0 Å². The first kappa shape index (κ1) is 73.8. The minimum atomic E-state index is -1.28. The maximum absolute atomic E-state index is 12.7. The second kappa shape index (κ2) is 63.6. The Morgan fingerprint density at radius 2 is 0.547 bits per heavy atom. The number of nitrogens with one attached hydrogen (secondary N) is 1. The molecule has 0 spiro atoms. The summed E-state index contributed by atoms with van der Waals surface area (Å²) in [6.07, 6.45) is 80.2. The Morgan fingerprint density at radius 3 is 0.800 bits per heavy atom. The summed E-state index contributed by atoms with van der Waals surface area (Å²) in [6, 6.07) is -1.00. The number of rotatable bonds is 64. The van der Waals surface area contributed by atoms with Crippen LogP contribution in [-0.2, 0) is 4.79 Å². The summed E-state index contributed by atoms with van der Waals surface area (Å²) >= 11 is 0. The number of aliphatic hydroxyl groups excluding tert-OH is 4. The number of unbranched alkanes of at least 4 members (excludes halogenated alkanes) is 51. The van der Waals surface area contributed by atoms with Crippen molar-refractivity contribution in [2.75, 3.05) is 6.61 Å². The van der Waals surface area contributed by atoms with Crippen molar-refractivity contribution in [2.45, 2.75) is 404 Å². The maximum Gasteiger partial charge on any atom is 0.249 e. The van der Waals surface area contributed by atoms with E-state index in [9.17, 15) is 25.2 Å². The van der Waals surface area contributed by atoms with Gasteiger partial charge in [0.1, 0.15) is 12.2 Å². The lowest BCUT2D eigenvalue weighted by Crippen LogP contribution is -2.53. The second-order valence-electron chi connectivity index (χ2n) is 23.9. The van der Waals surface area contributed by atoms with Gasteiger partial charge in [0, 0.05) is 0 Å². The molecule has 0 radical (unpaired) electrons. The van der Waals surface area contributed by atoms with Crippen molar-refractivity contribution in [3.05, 3.63) is 24.3 Å². The summed E-state index contributed by atoms with van der Waals surface area (Å²) in [5.41, 5.74) is 0. The molecule has 0 fully saturated rings. The molecule has 0 bridgehead atoms. The van der Waals surface area contributed by atoms with E-state index in [2.05, 4.69) is 43.5 Å². The van der Waals surface area contributed by atoms with Gasteiger partial charge in [-0.15, -0.1) is 0 Å². The molecule has 0 saturated carbocycles. The standard InChI is InChI=1S/C69H135NO5/c1-3-5-7-9-11-13-15-17-19-21-23-25-27-29-31-33-34-35-37-39-41-43-45-47-49-51-53-55-57-59-61-63-67(73)69(75)70-65(64-71)68(74)66(72)62-60-58-56-54-52-50-48-46-44-42-40-38-36-32-30-28-26-24-22-20-18-16-14-12-10-8-6-4-2/h29,31,54,56,65-68,71-74H,3-28,30,32-53,55,57-64H2,1-2H3,(H,70,75)/b31-29-,56-54+. The van der Waals surface area contributed by atoms with E-state index in [-0.39, 0.29) is 0 Å². The molecule has 0 aliphatic carbocycles. The molecule has 0 saturated heterocycles. The second-order valence-corrected chi connectivity index (χ2v) is 23.9. The quantitative estimate of drug-likeness (QED) is 0.0308. The maximum atomic E-state index is 12.7. The molecule has 75 heavy (non-hydrogen) atoms. The zero-order valence-electron chi connectivity index (χ0n) is 50.8. The highest BCUT2D eigenvalue weighted by Crippen LogP contribution is 2.19. The van der Waals surface area contributed by atoms with Crippen molar-refractivity contribution >= 4 is 5.91 Å². The van der Waals surface area contributed by atoms with E-state index in [1.807, 2.05) is 0 Å². The molecular weight excluding hydrogens is 923 g/mol. The van der Waals surface area contributed by atoms with Gasteiger partial charge in [0.2, 0.25) is 5.91 Å². The molecule has 4 unspecified atom stereocenters. The summed E-state index contributed by atoms with van der Waals surface area (Å²) in [5.74, 6) is -0.586. The third-order valence-corrected chi connectivity index (χ3v) is 16.4. The predicted octanol–water partition coefficient (Wildman–Crippen LogP) is 20.9. The van der Waals surface area contributed by atoms with Gasteiger partial charge in [-0.1, -0.05) is 340 Å². The number of amides is 1. The van der Waals surface area contributed by atoms with Crippen molar-refractivity contribution < 1.29 is 25.2 Å². The van der Waals surface area contributed by atoms with Crippen LogP contribution in [0.2, 0.25) is 0 Å². The van der Waals surface area contributed by atoms with Crippen molar-refractivity contribution in [3.8, 4) is 0 Å². The van der Waals surface area contributed by atoms with Crippen LogP contribution < -0.4 is 5.32 Å². The van der Waals surface area contributed by atoms with Crippen molar-refractivity contribution in [2.24, 2.45) is 0 Å². The lowest BCUT2D eigenvalue weighted by Gasteiger charge is -2.27. The molecule has 0 aromatic rings. The lowest BCUT2D eigenvalue weighted by molar-refractivity contribution is -0.132. The first-order valence-electron chi connectivity index (χ1n) is 34.2. The highest BCUT2D eigenvalue weighted by atomic mass is 16.3. The molecule has 0 aliphatic rings. The molecule has 0 aromatic carbocycles. The number of carbonyl (C=O) groups excluding carboxylic acids is 1. The van der Waals surface area contributed by atoms with Crippen molar-refractivity contribution in [1.82, 2.24) is 5.32 Å². The molecule has 446 valence electrons. The van der Waals surface area contributed by atoms with Gasteiger partial charge in [-0.05, 0) is 64.2 Å². The van der Waals surface area contributed by atoms with Crippen LogP contribution in [0.1, 0.15) is 380 Å². The van der Waals surface area contributed by atoms with Crippen molar-refractivity contribution in [3.63, 3.8) is 0 Å². The number of carbonyl (C=O) groups is 1. The third kappa shape index (κ3) is 57.3. The van der Waals surface area contributed by atoms with Gasteiger partial charge in [0.15, 0.2) is 0 Å². The van der Waals surface area contributed by atoms with E-state index in [0.29, 0.717) is 12.8 Å². The van der Waals surface area contributed by atoms with Gasteiger partial charge in [0.25, 0.3) is 0 Å². The fraction of sp³-hybridized carbons (Fsp3) is 0.928. The molecule has 6 nitrogen and oxygen atoms in total. The van der Waals surface area contributed by atoms with E-state index >= 15 is 0 Å². The molecule has 6 heteroatoms. The molecular formula is C69H135NO5. The minimum absolute atomic E-state index is 0.366. The van der Waals surface area contributed by atoms with E-state index in [0.717, 1.165) is 38.5 Å². The highest BCUT2D eigenvalue weighted by Gasteiger charge is 2.28. The Kier molecular flexibility index (Phi) is 62.6. The van der Waals surface area contributed by atoms with Gasteiger partial charge < -0.3 is 25.7 Å². The fourth-order valence-corrected chi connectivity index (χ4v) is 11.1. The minimum Gasteiger partial charge on any atom is -0.394 e. The normalized spacial score (nSPS) is 13.6. The van der Waals surface area contributed by atoms with Crippen LogP contribution in [0.5, 0.6) is 0 Å². The average Bonchev–Trinajstić information content (AvgIpc) is 3.42. The molecule has 4 atom stereocenters. The predicted molar refractivity (Wildman–Crippen MR) is 330 cm³/mol. The summed E-state index contributed by atoms with van der Waals surface area (Å²) in [5, 5.41) is 44.2. The van der Waals surface area contributed by atoms with Crippen LogP contribution in [0.25, 0.3) is 0 Å². The first-order valence-corrected chi connectivity index (χ1v) is 34.2. The van der Waals surface area contributed by atoms with Crippen LogP contribution in [0.15, 0.2) is 24.3 Å². The summed E-state index contributed by atoms with van der Waals surface area (Å²) < 4.78 is 0. The monoisotopic (exact) mass is 1060 g/mol. The highest BCUT2D eigenvalue weighted by molar-refractivity contribution is 5.80. The number of aliphatic hydroxyl groups is 4. The van der Waals surface area contributed by atoms with Crippen LogP contribution in [-0.4, -0.2) is 57.3 Å². The number of hydrogen-bond donors (Lipinski definition) is 5. The summed E-state index contributed by atoms with van der Waals surface area (Å²) in [4.78, 5) is 12.7. The van der Waals surface area contributed by atoms with E-state index in [1.54, 1.807) is 0 Å². The molecule has 1 amide bonds. The lowest BCUT2D eigenvalue weighted by atomic mass is 10.00. The molecule has 0 rings (SSSR count). The first-order chi connectivity index (χ1) is 37.0. The molecule has 0 aromatic heterocycles. The zero-order chi connectivity index (χ0) is 54.4. The Bertz CT molecular complexity index is 1140. The topological polar surface area (TPSA) is 110 Å². The van der Waals surface area contributed by atoms with Gasteiger partial charge in [-0.3, -0.25) is 4.79 Å². The van der Waals surface area contributed by atoms with Crippen LogP contribution in [0, 0.1) is 0 Å². The van der Waals surface area contributed by atoms with Gasteiger partial charge >= 0.3 is 0 Å². The van der Waals surface area contributed by atoms with E-state index in [4.69, 9.17) is 0 Å². The van der Waals surface area contributed by atoms with Gasteiger partial charge in [0.05, 0.1) is 18.8 Å². The number of allylic oxidation sites excluding steroid dienone is 4. The fourth-order valence-electron chi connectivity index (χ4n) is 11.1. The smallest absolute Gasteiger partial charge is 0.249 e. The largest absolute Gasteiger partial charge is 0.394 e. The Balaban J connectivity index is 3.57. The Morgan fingerprint density at radius 1 is 0.320 bits per heavy atom. The summed E-state index contributed by atoms with van der Waals surface area (Å²) in [7, 11) is 0. The number of hydrogen-bond acceptors (Lipinski definition) is 5. The molecule has 0 aliphatic heterocycles. The Labute approximate surface area is 469 Å². The van der Waals surface area contributed by atoms with Crippen LogP contribution in [0.4, 0.5) is 0 Å². The molecule has 0 heterocycles. The summed E-state index contributed by atoms with van der Waals surface area (Å²) in [6.45, 7) is 4.10. The van der Waals surface area contributed by atoms with Crippen molar-refractivity contribution in [1.29, 1.82) is 0 Å². The van der Waals surface area contributed by atoms with Crippen LogP contribution in [0.3, 0.4) is 0 Å². The van der Waals surface area contributed by atoms with E-state index in [1.165, 1.54) is 315 Å². The van der Waals surface area contributed by atoms with E-state index < -0.39 is 36.9 Å².